The van der Waals surface area contributed by atoms with Crippen molar-refractivity contribution in [2.75, 3.05) is 36.6 Å². The third-order valence-electron chi connectivity index (χ3n) is 6.32. The van der Waals surface area contributed by atoms with Gasteiger partial charge in [0.15, 0.2) is 9.84 Å². The first kappa shape index (κ1) is 20.9. The molecular weight excluding hydrogens is 400 g/mol. The van der Waals surface area contributed by atoms with E-state index in [1.165, 1.54) is 0 Å². The van der Waals surface area contributed by atoms with Crippen LogP contribution < -0.4 is 9.64 Å². The predicted octanol–water partition coefficient (Wildman–Crippen LogP) is 2.37. The molecule has 2 atom stereocenters. The van der Waals surface area contributed by atoms with Gasteiger partial charge in [0.2, 0.25) is 5.91 Å². The number of benzene rings is 2. The molecule has 2 aromatic rings. The highest BCUT2D eigenvalue weighted by Crippen LogP contribution is 2.32. The minimum Gasteiger partial charge on any atom is -0.497 e. The van der Waals surface area contributed by atoms with Crippen LogP contribution in [0.4, 0.5) is 5.69 Å². The zero-order valence-electron chi connectivity index (χ0n) is 17.7. The number of amides is 1. The molecule has 0 N–H and O–H groups in total. The smallest absolute Gasteiger partial charge is 0.241 e. The van der Waals surface area contributed by atoms with E-state index in [9.17, 15) is 13.2 Å². The maximum absolute atomic E-state index is 13.1. The first-order valence-electron chi connectivity index (χ1n) is 10.2. The molecule has 1 amide bonds. The van der Waals surface area contributed by atoms with E-state index in [1.807, 2.05) is 56.3 Å². The van der Waals surface area contributed by atoms with Gasteiger partial charge < -0.3 is 9.64 Å². The van der Waals surface area contributed by atoms with Crippen LogP contribution in [-0.4, -0.2) is 63.0 Å². The van der Waals surface area contributed by atoms with E-state index in [1.54, 1.807) is 12.0 Å². The Balaban J connectivity index is 1.56. The Morgan fingerprint density at radius 1 is 1.00 bits per heavy atom. The molecule has 2 aliphatic heterocycles. The first-order chi connectivity index (χ1) is 14.3. The molecule has 7 heteroatoms. The Labute approximate surface area is 178 Å². The van der Waals surface area contributed by atoms with Crippen LogP contribution in [0.15, 0.2) is 42.5 Å². The van der Waals surface area contributed by atoms with E-state index in [0.29, 0.717) is 6.54 Å². The number of piperazine rings is 1. The lowest BCUT2D eigenvalue weighted by atomic mass is 10.0. The molecular formula is C23H28N2O4S. The summed E-state index contributed by atoms with van der Waals surface area (Å²) in [6.45, 7) is 4.92. The second-order valence-electron chi connectivity index (χ2n) is 8.31. The van der Waals surface area contributed by atoms with Gasteiger partial charge in [-0.2, -0.15) is 0 Å². The normalized spacial score (nSPS) is 23.4. The molecule has 0 saturated carbocycles. The van der Waals surface area contributed by atoms with Gasteiger partial charge in [-0.1, -0.05) is 18.2 Å². The topological polar surface area (TPSA) is 66.9 Å². The molecule has 6 nitrogen and oxygen atoms in total. The number of carbonyl (C=O) groups is 1. The third kappa shape index (κ3) is 4.09. The second-order valence-corrected chi connectivity index (χ2v) is 10.5. The molecule has 2 fully saturated rings. The number of hydrogen-bond donors (Lipinski definition) is 0. The van der Waals surface area contributed by atoms with Crippen molar-refractivity contribution in [3.63, 3.8) is 0 Å². The fraction of sp³-hybridized carbons (Fsp3) is 0.435. The van der Waals surface area contributed by atoms with Gasteiger partial charge in [-0.15, -0.1) is 0 Å². The monoisotopic (exact) mass is 428 g/mol. The van der Waals surface area contributed by atoms with Crippen molar-refractivity contribution < 1.29 is 17.9 Å². The molecule has 160 valence electrons. The molecule has 0 radical (unpaired) electrons. The van der Waals surface area contributed by atoms with E-state index in [2.05, 4.69) is 4.90 Å². The summed E-state index contributed by atoms with van der Waals surface area (Å²) in [5.41, 5.74) is 4.18. The van der Waals surface area contributed by atoms with Gasteiger partial charge in [-0.05, 0) is 61.2 Å². The van der Waals surface area contributed by atoms with Gasteiger partial charge in [-0.3, -0.25) is 9.69 Å². The molecule has 2 saturated heterocycles. The zero-order chi connectivity index (χ0) is 21.5. The molecule has 0 aliphatic carbocycles. The summed E-state index contributed by atoms with van der Waals surface area (Å²) in [6.07, 6.45) is 0.754. The van der Waals surface area contributed by atoms with Crippen LogP contribution in [0.25, 0.3) is 0 Å². The summed E-state index contributed by atoms with van der Waals surface area (Å²) in [5.74, 6) is 0.897. The molecule has 0 bridgehead atoms. The Bertz CT molecular complexity index is 1050. The average molecular weight is 429 g/mol. The number of ether oxygens (including phenoxy) is 1. The summed E-state index contributed by atoms with van der Waals surface area (Å²) >= 11 is 0. The number of anilines is 1. The van der Waals surface area contributed by atoms with Crippen LogP contribution >= 0.6 is 0 Å². The number of fused-ring (bicyclic) bond motifs is 1. The predicted molar refractivity (Wildman–Crippen MR) is 118 cm³/mol. The van der Waals surface area contributed by atoms with Crippen molar-refractivity contribution in [1.82, 2.24) is 4.90 Å². The highest BCUT2D eigenvalue weighted by atomic mass is 32.2. The minimum absolute atomic E-state index is 0.0232. The van der Waals surface area contributed by atoms with Crippen molar-refractivity contribution in [3.05, 3.63) is 59.2 Å². The van der Waals surface area contributed by atoms with Crippen LogP contribution in [0, 0.1) is 13.8 Å². The average Bonchev–Trinajstić information content (AvgIpc) is 3.03. The van der Waals surface area contributed by atoms with Gasteiger partial charge in [0, 0.05) is 18.3 Å². The molecule has 2 heterocycles. The van der Waals surface area contributed by atoms with Gasteiger partial charge >= 0.3 is 0 Å². The lowest BCUT2D eigenvalue weighted by Gasteiger charge is -2.43. The quantitative estimate of drug-likeness (QED) is 0.732. The summed E-state index contributed by atoms with van der Waals surface area (Å²) in [5, 5.41) is 0. The Morgan fingerprint density at radius 3 is 2.37 bits per heavy atom. The minimum atomic E-state index is -3.19. The number of methoxy groups -OCH3 is 1. The molecule has 2 aromatic carbocycles. The fourth-order valence-electron chi connectivity index (χ4n) is 4.48. The van der Waals surface area contributed by atoms with Crippen molar-refractivity contribution in [2.45, 2.75) is 32.4 Å². The van der Waals surface area contributed by atoms with E-state index in [-0.39, 0.29) is 36.0 Å². The third-order valence-corrected chi connectivity index (χ3v) is 8.02. The van der Waals surface area contributed by atoms with E-state index >= 15 is 0 Å². The second kappa shape index (κ2) is 8.04. The van der Waals surface area contributed by atoms with Crippen LogP contribution in [0.2, 0.25) is 0 Å². The van der Waals surface area contributed by atoms with Crippen molar-refractivity contribution in [2.24, 2.45) is 0 Å². The van der Waals surface area contributed by atoms with Crippen molar-refractivity contribution in [3.8, 4) is 5.75 Å². The zero-order valence-corrected chi connectivity index (χ0v) is 18.5. The SMILES string of the molecule is COc1ccc(CCN2CC(=O)N(c3ccc(C)c(C)c3)[C@@H]3CS(=O)(=O)C[C@@H]32)cc1. The van der Waals surface area contributed by atoms with E-state index in [0.717, 1.165) is 34.5 Å². The standard InChI is InChI=1S/C23H28N2O4S/c1-16-4-7-19(12-17(16)2)25-22-15-30(27,28)14-21(22)24(13-23(25)26)11-10-18-5-8-20(29-3)9-6-18/h4-9,12,21-22H,10-11,13-15H2,1-3H3/t21-,22+/m0/s1. The van der Waals surface area contributed by atoms with Gasteiger partial charge in [-0.25, -0.2) is 8.42 Å². The van der Waals surface area contributed by atoms with Crippen LogP contribution in [-0.2, 0) is 21.1 Å². The van der Waals surface area contributed by atoms with Gasteiger partial charge in [0.25, 0.3) is 0 Å². The van der Waals surface area contributed by atoms with Gasteiger partial charge in [0.1, 0.15) is 5.75 Å². The van der Waals surface area contributed by atoms with Crippen molar-refractivity contribution in [1.29, 1.82) is 0 Å². The number of carbonyl (C=O) groups excluding carboxylic acids is 1. The number of rotatable bonds is 5. The Kier molecular flexibility index (Phi) is 5.59. The fourth-order valence-corrected chi connectivity index (χ4v) is 6.46. The summed E-state index contributed by atoms with van der Waals surface area (Å²) in [4.78, 5) is 16.9. The highest BCUT2D eigenvalue weighted by molar-refractivity contribution is 7.91. The lowest BCUT2D eigenvalue weighted by molar-refractivity contribution is -0.123. The number of hydrogen-bond acceptors (Lipinski definition) is 5. The molecule has 0 spiro atoms. The molecule has 4 rings (SSSR count). The van der Waals surface area contributed by atoms with Crippen molar-refractivity contribution >= 4 is 21.4 Å². The van der Waals surface area contributed by atoms with Crippen LogP contribution in [0.3, 0.4) is 0 Å². The Hall–Kier alpha value is -2.38. The van der Waals surface area contributed by atoms with Gasteiger partial charge in [0.05, 0.1) is 31.2 Å². The maximum atomic E-state index is 13.1. The van der Waals surface area contributed by atoms with E-state index in [4.69, 9.17) is 4.74 Å². The van der Waals surface area contributed by atoms with E-state index < -0.39 is 9.84 Å². The molecule has 0 aromatic heterocycles. The van der Waals surface area contributed by atoms with Crippen LogP contribution in [0.5, 0.6) is 5.75 Å². The number of nitrogens with zero attached hydrogens (tertiary/aromatic N) is 2. The summed E-state index contributed by atoms with van der Waals surface area (Å²) < 4.78 is 30.2. The number of aryl methyl sites for hydroxylation is 2. The molecule has 2 aliphatic rings. The molecule has 0 unspecified atom stereocenters. The largest absolute Gasteiger partial charge is 0.497 e. The lowest BCUT2D eigenvalue weighted by Crippen LogP contribution is -2.62. The number of sulfone groups is 1. The molecule has 30 heavy (non-hydrogen) atoms. The summed E-state index contributed by atoms with van der Waals surface area (Å²) in [7, 11) is -1.55. The Morgan fingerprint density at radius 2 is 1.70 bits per heavy atom. The van der Waals surface area contributed by atoms with Crippen LogP contribution in [0.1, 0.15) is 16.7 Å². The maximum Gasteiger partial charge on any atom is 0.241 e. The first-order valence-corrected chi connectivity index (χ1v) is 12.1. The summed E-state index contributed by atoms with van der Waals surface area (Å²) in [6, 6.07) is 13.2. The highest BCUT2D eigenvalue weighted by Gasteiger charge is 2.49.